The van der Waals surface area contributed by atoms with Gasteiger partial charge in [-0.05, 0) is 32.3 Å². The molecule has 0 spiro atoms. The van der Waals surface area contributed by atoms with Gasteiger partial charge >= 0.3 is 0 Å². The Bertz CT molecular complexity index is 559. The molecule has 1 aromatic carbocycles. The van der Waals surface area contributed by atoms with Gasteiger partial charge in [-0.25, -0.2) is 0 Å². The van der Waals surface area contributed by atoms with Gasteiger partial charge in [-0.3, -0.25) is 9.59 Å². The van der Waals surface area contributed by atoms with Crippen LogP contribution in [0.4, 0.5) is 0 Å². The third-order valence-corrected chi connectivity index (χ3v) is 4.81. The fourth-order valence-corrected chi connectivity index (χ4v) is 3.29. The van der Waals surface area contributed by atoms with Gasteiger partial charge in [0, 0.05) is 39.2 Å². The van der Waals surface area contributed by atoms with Crippen LogP contribution in [0.1, 0.15) is 32.3 Å². The van der Waals surface area contributed by atoms with Crippen molar-refractivity contribution < 1.29 is 14.3 Å². The predicted molar refractivity (Wildman–Crippen MR) is 98.2 cm³/mol. The first kappa shape index (κ1) is 19.4. The Labute approximate surface area is 150 Å². The van der Waals surface area contributed by atoms with Crippen LogP contribution in [0.5, 0.6) is 0 Å². The van der Waals surface area contributed by atoms with Crippen LogP contribution < -0.4 is 0 Å². The Morgan fingerprint density at radius 1 is 1.32 bits per heavy atom. The number of piperidine rings is 1. The number of methoxy groups -OCH3 is 1. The second-order valence-corrected chi connectivity index (χ2v) is 6.93. The first-order valence-corrected chi connectivity index (χ1v) is 9.14. The maximum Gasteiger partial charge on any atom is 0.227 e. The Morgan fingerprint density at radius 2 is 2.04 bits per heavy atom. The number of likely N-dealkylation sites (tertiary alicyclic amines) is 1. The summed E-state index contributed by atoms with van der Waals surface area (Å²) in [5.41, 5.74) is 1.22. The molecule has 138 valence electrons. The summed E-state index contributed by atoms with van der Waals surface area (Å²) in [5, 5.41) is 0. The van der Waals surface area contributed by atoms with Gasteiger partial charge in [0.25, 0.3) is 0 Å². The molecule has 1 saturated heterocycles. The molecule has 1 unspecified atom stereocenters. The van der Waals surface area contributed by atoms with E-state index in [-0.39, 0.29) is 23.8 Å². The van der Waals surface area contributed by atoms with E-state index in [1.54, 1.807) is 7.11 Å². The highest BCUT2D eigenvalue weighted by atomic mass is 16.5. The number of nitrogens with zero attached hydrogens (tertiary/aromatic N) is 2. The van der Waals surface area contributed by atoms with E-state index in [2.05, 4.69) is 12.1 Å². The largest absolute Gasteiger partial charge is 0.383 e. The number of amides is 2. The molecule has 0 N–H and O–H groups in total. The van der Waals surface area contributed by atoms with Crippen LogP contribution in [-0.4, -0.2) is 61.0 Å². The summed E-state index contributed by atoms with van der Waals surface area (Å²) in [6.45, 7) is 6.38. The highest BCUT2D eigenvalue weighted by Crippen LogP contribution is 2.21. The summed E-state index contributed by atoms with van der Waals surface area (Å²) in [6, 6.07) is 10.3. The van der Waals surface area contributed by atoms with Crippen molar-refractivity contribution in [2.24, 2.45) is 5.92 Å². The van der Waals surface area contributed by atoms with Crippen molar-refractivity contribution in [3.05, 3.63) is 35.9 Å². The lowest BCUT2D eigenvalue weighted by molar-refractivity contribution is -0.144. The molecule has 1 heterocycles. The fourth-order valence-electron chi connectivity index (χ4n) is 3.29. The molecule has 0 aliphatic carbocycles. The summed E-state index contributed by atoms with van der Waals surface area (Å²) in [6.07, 6.45) is 1.93. The molecule has 1 fully saturated rings. The molecule has 0 radical (unpaired) electrons. The van der Waals surface area contributed by atoms with Crippen molar-refractivity contribution in [1.82, 2.24) is 9.80 Å². The maximum atomic E-state index is 12.9. The number of carbonyl (C=O) groups is 2. The van der Waals surface area contributed by atoms with Crippen LogP contribution >= 0.6 is 0 Å². The molecule has 1 atom stereocenters. The van der Waals surface area contributed by atoms with E-state index in [9.17, 15) is 9.59 Å². The predicted octanol–water partition coefficient (Wildman–Crippen LogP) is 2.35. The van der Waals surface area contributed by atoms with Crippen molar-refractivity contribution >= 4 is 11.8 Å². The highest BCUT2D eigenvalue weighted by molar-refractivity contribution is 5.84. The molecular weight excluding hydrogens is 316 g/mol. The summed E-state index contributed by atoms with van der Waals surface area (Å²) >= 11 is 0. The zero-order chi connectivity index (χ0) is 18.2. The van der Waals surface area contributed by atoms with E-state index in [1.807, 2.05) is 41.8 Å². The summed E-state index contributed by atoms with van der Waals surface area (Å²) in [5.74, 6) is 0.199. The van der Waals surface area contributed by atoms with Gasteiger partial charge in [0.05, 0.1) is 12.5 Å². The van der Waals surface area contributed by atoms with Gasteiger partial charge in [-0.1, -0.05) is 30.3 Å². The van der Waals surface area contributed by atoms with Crippen LogP contribution in [0.3, 0.4) is 0 Å². The smallest absolute Gasteiger partial charge is 0.227 e. The topological polar surface area (TPSA) is 49.9 Å². The molecule has 5 nitrogen and oxygen atoms in total. The zero-order valence-corrected chi connectivity index (χ0v) is 15.6. The number of carbonyl (C=O) groups excluding carboxylic acids is 2. The van der Waals surface area contributed by atoms with Crippen molar-refractivity contribution in [1.29, 1.82) is 0 Å². The molecule has 0 bridgehead atoms. The maximum absolute atomic E-state index is 12.9. The third-order valence-electron chi connectivity index (χ3n) is 4.81. The lowest BCUT2D eigenvalue weighted by atomic mass is 9.95. The molecule has 1 aliphatic heterocycles. The molecule has 1 aliphatic rings. The number of benzene rings is 1. The second-order valence-electron chi connectivity index (χ2n) is 6.93. The van der Waals surface area contributed by atoms with Gasteiger partial charge in [0.15, 0.2) is 0 Å². The first-order valence-electron chi connectivity index (χ1n) is 9.14. The van der Waals surface area contributed by atoms with Gasteiger partial charge in [0.2, 0.25) is 11.8 Å². The quantitative estimate of drug-likeness (QED) is 0.726. The SMILES string of the molecule is COCCN(C(=O)C1CCC(=O)N(CCc2ccccc2)C1)C(C)C. The van der Waals surface area contributed by atoms with Crippen molar-refractivity contribution in [2.45, 2.75) is 39.2 Å². The Balaban J connectivity index is 1.95. The van der Waals surface area contributed by atoms with Crippen molar-refractivity contribution in [2.75, 3.05) is 33.4 Å². The van der Waals surface area contributed by atoms with Crippen LogP contribution in [0.25, 0.3) is 0 Å². The molecule has 25 heavy (non-hydrogen) atoms. The van der Waals surface area contributed by atoms with Gasteiger partial charge < -0.3 is 14.5 Å². The molecule has 0 aromatic heterocycles. The Hall–Kier alpha value is -1.88. The Kier molecular flexibility index (Phi) is 7.44. The molecule has 1 aromatic rings. The molecule has 2 rings (SSSR count). The van der Waals surface area contributed by atoms with Crippen molar-refractivity contribution in [3.8, 4) is 0 Å². The minimum absolute atomic E-state index is 0.104. The van der Waals surface area contributed by atoms with E-state index in [1.165, 1.54) is 5.56 Å². The van der Waals surface area contributed by atoms with E-state index in [0.717, 1.165) is 6.42 Å². The zero-order valence-electron chi connectivity index (χ0n) is 15.6. The minimum Gasteiger partial charge on any atom is -0.383 e. The number of hydrogen-bond donors (Lipinski definition) is 0. The normalized spacial score (nSPS) is 17.8. The van der Waals surface area contributed by atoms with E-state index >= 15 is 0 Å². The fraction of sp³-hybridized carbons (Fsp3) is 0.600. The molecular formula is C20H30N2O3. The van der Waals surface area contributed by atoms with Gasteiger partial charge in [0.1, 0.15) is 0 Å². The average molecular weight is 346 g/mol. The second kappa shape index (κ2) is 9.56. The van der Waals surface area contributed by atoms with E-state index in [0.29, 0.717) is 39.1 Å². The lowest BCUT2D eigenvalue weighted by Gasteiger charge is -2.36. The minimum atomic E-state index is -0.104. The standard InChI is InChI=1S/C20H30N2O3/c1-16(2)22(13-14-25-3)20(24)18-9-10-19(23)21(15-18)12-11-17-7-5-4-6-8-17/h4-8,16,18H,9-15H2,1-3H3. The summed E-state index contributed by atoms with van der Waals surface area (Å²) < 4.78 is 5.13. The summed E-state index contributed by atoms with van der Waals surface area (Å²) in [7, 11) is 1.65. The summed E-state index contributed by atoms with van der Waals surface area (Å²) in [4.78, 5) is 28.9. The van der Waals surface area contributed by atoms with E-state index < -0.39 is 0 Å². The van der Waals surface area contributed by atoms with Crippen LogP contribution in [0.15, 0.2) is 30.3 Å². The van der Waals surface area contributed by atoms with Crippen LogP contribution in [0.2, 0.25) is 0 Å². The lowest BCUT2D eigenvalue weighted by Crippen LogP contribution is -2.49. The van der Waals surface area contributed by atoms with Gasteiger partial charge in [-0.2, -0.15) is 0 Å². The monoisotopic (exact) mass is 346 g/mol. The highest BCUT2D eigenvalue weighted by Gasteiger charge is 2.33. The third kappa shape index (κ3) is 5.56. The molecule has 2 amide bonds. The average Bonchev–Trinajstić information content (AvgIpc) is 2.61. The molecule has 0 saturated carbocycles. The number of ether oxygens (including phenoxy) is 1. The van der Waals surface area contributed by atoms with Crippen molar-refractivity contribution in [3.63, 3.8) is 0 Å². The number of rotatable bonds is 8. The number of hydrogen-bond acceptors (Lipinski definition) is 3. The Morgan fingerprint density at radius 3 is 2.68 bits per heavy atom. The molecule has 5 heteroatoms. The van der Waals surface area contributed by atoms with Crippen LogP contribution in [0, 0.1) is 5.92 Å². The van der Waals surface area contributed by atoms with Gasteiger partial charge in [-0.15, -0.1) is 0 Å². The first-order chi connectivity index (χ1) is 12.0. The van der Waals surface area contributed by atoms with Crippen LogP contribution in [-0.2, 0) is 20.7 Å². The van der Waals surface area contributed by atoms with E-state index in [4.69, 9.17) is 4.74 Å².